The summed E-state index contributed by atoms with van der Waals surface area (Å²) in [6, 6.07) is 6.31. The van der Waals surface area contributed by atoms with Crippen molar-refractivity contribution in [2.45, 2.75) is 24.7 Å². The van der Waals surface area contributed by atoms with E-state index in [-0.39, 0.29) is 23.3 Å². The van der Waals surface area contributed by atoms with E-state index in [1.54, 1.807) is 12.1 Å². The van der Waals surface area contributed by atoms with E-state index >= 15 is 0 Å². The molecule has 1 aliphatic rings. The van der Waals surface area contributed by atoms with Crippen LogP contribution in [0.2, 0.25) is 0 Å². The van der Waals surface area contributed by atoms with Gasteiger partial charge >= 0.3 is 0 Å². The van der Waals surface area contributed by atoms with Gasteiger partial charge in [0.25, 0.3) is 0 Å². The average molecular weight is 326 g/mol. The Hall–Kier alpha value is -1.60. The Bertz CT molecular complexity index is 613. The maximum atomic E-state index is 12.7. The predicted molar refractivity (Wildman–Crippen MR) is 83.2 cm³/mol. The van der Waals surface area contributed by atoms with Crippen molar-refractivity contribution in [2.24, 2.45) is 5.92 Å². The van der Waals surface area contributed by atoms with Crippen molar-refractivity contribution >= 4 is 15.9 Å². The molecular weight excluding hydrogens is 304 g/mol. The van der Waals surface area contributed by atoms with Crippen molar-refractivity contribution in [1.29, 1.82) is 0 Å². The van der Waals surface area contributed by atoms with E-state index in [1.165, 1.54) is 23.5 Å². The number of methoxy groups -OCH3 is 1. The third kappa shape index (κ3) is 3.59. The highest BCUT2D eigenvalue weighted by Crippen LogP contribution is 2.25. The number of hydrogen-bond donors (Lipinski definition) is 1. The molecule has 0 bridgehead atoms. The summed E-state index contributed by atoms with van der Waals surface area (Å²) in [7, 11) is -2.04. The Labute approximate surface area is 131 Å². The molecule has 22 heavy (non-hydrogen) atoms. The van der Waals surface area contributed by atoms with Gasteiger partial charge in [-0.2, -0.15) is 4.31 Å². The fraction of sp³-hybridized carbons (Fsp3) is 0.533. The molecule has 1 saturated heterocycles. The van der Waals surface area contributed by atoms with Crippen LogP contribution in [0.5, 0.6) is 5.75 Å². The predicted octanol–water partition coefficient (Wildman–Crippen LogP) is 1.23. The van der Waals surface area contributed by atoms with Gasteiger partial charge in [0.05, 0.1) is 17.9 Å². The number of hydrogen-bond acceptors (Lipinski definition) is 4. The molecule has 122 valence electrons. The van der Waals surface area contributed by atoms with E-state index in [4.69, 9.17) is 4.74 Å². The van der Waals surface area contributed by atoms with E-state index in [0.29, 0.717) is 25.3 Å². The van der Waals surface area contributed by atoms with Crippen LogP contribution in [0.15, 0.2) is 29.2 Å². The van der Waals surface area contributed by atoms with Gasteiger partial charge in [-0.15, -0.1) is 0 Å². The SMILES string of the molecule is CCNC(=O)C1CCCN(S(=O)(=O)c2ccc(OC)cc2)C1. The lowest BCUT2D eigenvalue weighted by atomic mass is 9.99. The summed E-state index contributed by atoms with van der Waals surface area (Å²) in [5.74, 6) is 0.261. The maximum Gasteiger partial charge on any atom is 0.243 e. The number of carbonyl (C=O) groups excluding carboxylic acids is 1. The summed E-state index contributed by atoms with van der Waals surface area (Å²) in [6.45, 7) is 3.09. The molecule has 0 spiro atoms. The molecule has 1 amide bonds. The number of nitrogens with zero attached hydrogens (tertiary/aromatic N) is 1. The van der Waals surface area contributed by atoms with Crippen molar-refractivity contribution in [3.63, 3.8) is 0 Å². The Morgan fingerprint density at radius 2 is 2.05 bits per heavy atom. The maximum absolute atomic E-state index is 12.7. The summed E-state index contributed by atoms with van der Waals surface area (Å²) < 4.78 is 31.8. The number of piperidine rings is 1. The minimum Gasteiger partial charge on any atom is -0.497 e. The molecule has 0 aromatic heterocycles. The molecule has 1 aromatic carbocycles. The van der Waals surface area contributed by atoms with Gasteiger partial charge in [0, 0.05) is 19.6 Å². The largest absolute Gasteiger partial charge is 0.497 e. The normalized spacial score (nSPS) is 19.6. The van der Waals surface area contributed by atoms with Crippen LogP contribution >= 0.6 is 0 Å². The molecule has 0 saturated carbocycles. The van der Waals surface area contributed by atoms with Crippen molar-refractivity contribution in [3.05, 3.63) is 24.3 Å². The van der Waals surface area contributed by atoms with E-state index in [9.17, 15) is 13.2 Å². The summed E-state index contributed by atoms with van der Waals surface area (Å²) in [5, 5.41) is 2.77. The summed E-state index contributed by atoms with van der Waals surface area (Å²) in [5.41, 5.74) is 0. The fourth-order valence-corrected chi connectivity index (χ4v) is 4.11. The Balaban J connectivity index is 2.15. The highest BCUT2D eigenvalue weighted by Gasteiger charge is 2.33. The smallest absolute Gasteiger partial charge is 0.243 e. The quantitative estimate of drug-likeness (QED) is 0.883. The Kier molecular flexibility index (Phi) is 5.42. The fourth-order valence-electron chi connectivity index (χ4n) is 2.59. The summed E-state index contributed by atoms with van der Waals surface area (Å²) in [4.78, 5) is 12.2. The standard InChI is InChI=1S/C15H22N2O4S/c1-3-16-15(18)12-5-4-10-17(11-12)22(19,20)14-8-6-13(21-2)7-9-14/h6-9,12H,3-5,10-11H2,1-2H3,(H,16,18). The zero-order valence-electron chi connectivity index (χ0n) is 12.9. The zero-order chi connectivity index (χ0) is 16.2. The number of nitrogens with one attached hydrogen (secondary N) is 1. The number of rotatable bonds is 5. The van der Waals surface area contributed by atoms with Gasteiger partial charge in [0.2, 0.25) is 15.9 Å². The molecule has 1 unspecified atom stereocenters. The van der Waals surface area contributed by atoms with Crippen molar-refractivity contribution in [3.8, 4) is 5.75 Å². The van der Waals surface area contributed by atoms with E-state index < -0.39 is 10.0 Å². The monoisotopic (exact) mass is 326 g/mol. The van der Waals surface area contributed by atoms with Gasteiger partial charge in [-0.25, -0.2) is 8.42 Å². The molecule has 1 heterocycles. The van der Waals surface area contributed by atoms with Gasteiger partial charge in [-0.1, -0.05) is 0 Å². The molecule has 1 fully saturated rings. The van der Waals surface area contributed by atoms with Crippen molar-refractivity contribution in [2.75, 3.05) is 26.7 Å². The number of sulfonamides is 1. The Morgan fingerprint density at radius 1 is 1.36 bits per heavy atom. The van der Waals surface area contributed by atoms with Crippen LogP contribution in [0, 0.1) is 5.92 Å². The third-order valence-corrected chi connectivity index (χ3v) is 5.68. The second-order valence-corrected chi connectivity index (χ2v) is 7.21. The van der Waals surface area contributed by atoms with Crippen LogP contribution in [0.25, 0.3) is 0 Å². The molecule has 0 radical (unpaired) electrons. The first-order valence-corrected chi connectivity index (χ1v) is 8.85. The number of amides is 1. The molecule has 2 rings (SSSR count). The molecule has 6 nitrogen and oxygen atoms in total. The second-order valence-electron chi connectivity index (χ2n) is 5.27. The highest BCUT2D eigenvalue weighted by atomic mass is 32.2. The average Bonchev–Trinajstić information content (AvgIpc) is 2.55. The van der Waals surface area contributed by atoms with E-state index in [2.05, 4.69) is 5.32 Å². The van der Waals surface area contributed by atoms with Crippen LogP contribution in [0.1, 0.15) is 19.8 Å². The van der Waals surface area contributed by atoms with Crippen molar-refractivity contribution in [1.82, 2.24) is 9.62 Å². The number of carbonyl (C=O) groups is 1. The topological polar surface area (TPSA) is 75.7 Å². The summed E-state index contributed by atoms with van der Waals surface area (Å²) >= 11 is 0. The minimum atomic E-state index is -3.57. The van der Waals surface area contributed by atoms with Gasteiger partial charge in [0.15, 0.2) is 0 Å². The number of ether oxygens (including phenoxy) is 1. The minimum absolute atomic E-state index is 0.0721. The molecule has 1 aliphatic heterocycles. The zero-order valence-corrected chi connectivity index (χ0v) is 13.7. The van der Waals surface area contributed by atoms with E-state index in [1.807, 2.05) is 6.92 Å². The Morgan fingerprint density at radius 3 is 2.64 bits per heavy atom. The third-order valence-electron chi connectivity index (χ3n) is 3.80. The lowest BCUT2D eigenvalue weighted by molar-refractivity contribution is -0.125. The molecular formula is C15H22N2O4S. The molecule has 1 atom stereocenters. The van der Waals surface area contributed by atoms with Gasteiger partial charge < -0.3 is 10.1 Å². The molecule has 0 aliphatic carbocycles. The first-order valence-electron chi connectivity index (χ1n) is 7.41. The van der Waals surface area contributed by atoms with Gasteiger partial charge in [0.1, 0.15) is 5.75 Å². The molecule has 7 heteroatoms. The highest BCUT2D eigenvalue weighted by molar-refractivity contribution is 7.89. The van der Waals surface area contributed by atoms with Crippen molar-refractivity contribution < 1.29 is 17.9 Å². The van der Waals surface area contributed by atoms with Gasteiger partial charge in [-0.3, -0.25) is 4.79 Å². The van der Waals surface area contributed by atoms with Crippen LogP contribution < -0.4 is 10.1 Å². The summed E-state index contributed by atoms with van der Waals surface area (Å²) in [6.07, 6.45) is 1.41. The second kappa shape index (κ2) is 7.11. The first kappa shape index (κ1) is 16.8. The van der Waals surface area contributed by atoms with Crippen LogP contribution in [0.3, 0.4) is 0 Å². The van der Waals surface area contributed by atoms with Crippen LogP contribution in [-0.4, -0.2) is 45.4 Å². The van der Waals surface area contributed by atoms with Crippen LogP contribution in [-0.2, 0) is 14.8 Å². The number of benzene rings is 1. The van der Waals surface area contributed by atoms with E-state index in [0.717, 1.165) is 6.42 Å². The lowest BCUT2D eigenvalue weighted by Gasteiger charge is -2.31. The molecule has 1 N–H and O–H groups in total. The van der Waals surface area contributed by atoms with Crippen LogP contribution in [0.4, 0.5) is 0 Å². The lowest BCUT2D eigenvalue weighted by Crippen LogP contribution is -2.45. The molecule has 1 aromatic rings. The first-order chi connectivity index (χ1) is 10.5. The van der Waals surface area contributed by atoms with Gasteiger partial charge in [-0.05, 0) is 44.0 Å².